The average molecular weight is 371 g/mol. The smallest absolute Gasteiger partial charge is 0.273 e. The van der Waals surface area contributed by atoms with Gasteiger partial charge >= 0.3 is 0 Å². The number of anilines is 1. The molecule has 134 valence electrons. The molecule has 1 atom stereocenters. The molecule has 0 bridgehead atoms. The Morgan fingerprint density at radius 3 is 2.62 bits per heavy atom. The molecule has 7 heteroatoms. The number of rotatable bonds is 6. The summed E-state index contributed by atoms with van der Waals surface area (Å²) in [6.07, 6.45) is 3.75. The molecule has 0 aliphatic rings. The van der Waals surface area contributed by atoms with E-state index < -0.39 is 23.8 Å². The van der Waals surface area contributed by atoms with Crippen LogP contribution < -0.4 is 15.7 Å². The maximum Gasteiger partial charge on any atom is 0.273 e. The van der Waals surface area contributed by atoms with Crippen LogP contribution in [0, 0.1) is 0 Å². The molecule has 4 N–H and O–H groups in total. The molecule has 1 aromatic carbocycles. The molecule has 3 aromatic rings. The van der Waals surface area contributed by atoms with E-state index >= 15 is 0 Å². The number of benzene rings is 1. The first-order valence-corrected chi connectivity index (χ1v) is 9.18. The molecule has 1 unspecified atom stereocenters. The van der Waals surface area contributed by atoms with Crippen LogP contribution in [0.4, 0.5) is 5.82 Å². The predicted molar refractivity (Wildman–Crippen MR) is 99.3 cm³/mol. The van der Waals surface area contributed by atoms with Gasteiger partial charge in [-0.2, -0.15) is 0 Å². The minimum Gasteiger partial charge on any atom is -0.502 e. The number of aromatic hydroxyl groups is 1. The third-order valence-electron chi connectivity index (χ3n) is 3.88. The number of aromatic amines is 1. The summed E-state index contributed by atoms with van der Waals surface area (Å²) in [5.74, 6) is 0.343. The SMILES string of the molecule is CSc1ccc(C(Nc2cccc[nH+]2)c2oc(CO)cc(=O)c2O)cc1. The van der Waals surface area contributed by atoms with Gasteiger partial charge in [-0.25, -0.2) is 4.98 Å². The van der Waals surface area contributed by atoms with Crippen LogP contribution in [0.5, 0.6) is 5.75 Å². The normalized spacial score (nSPS) is 11.9. The van der Waals surface area contributed by atoms with Crippen LogP contribution in [0.3, 0.4) is 0 Å². The van der Waals surface area contributed by atoms with Gasteiger partial charge in [0.1, 0.15) is 12.4 Å². The third kappa shape index (κ3) is 3.89. The number of thioether (sulfide) groups is 1. The molecule has 3 rings (SSSR count). The molecule has 0 spiro atoms. The summed E-state index contributed by atoms with van der Waals surface area (Å²) in [5, 5.41) is 22.9. The number of pyridine rings is 1. The highest BCUT2D eigenvalue weighted by Crippen LogP contribution is 2.31. The Hall–Kier alpha value is -2.77. The van der Waals surface area contributed by atoms with E-state index in [4.69, 9.17) is 4.42 Å². The fraction of sp³-hybridized carbons (Fsp3) is 0.158. The Morgan fingerprint density at radius 2 is 2.00 bits per heavy atom. The first-order chi connectivity index (χ1) is 12.6. The fourth-order valence-electron chi connectivity index (χ4n) is 2.56. The minimum atomic E-state index is -0.622. The molecule has 0 amide bonds. The molecule has 0 saturated carbocycles. The molecule has 0 aliphatic heterocycles. The van der Waals surface area contributed by atoms with Crippen molar-refractivity contribution in [2.45, 2.75) is 17.5 Å². The van der Waals surface area contributed by atoms with Crippen LogP contribution in [0.1, 0.15) is 23.1 Å². The molecule has 2 heterocycles. The van der Waals surface area contributed by atoms with Crippen molar-refractivity contribution in [1.29, 1.82) is 0 Å². The Balaban J connectivity index is 2.11. The highest BCUT2D eigenvalue weighted by atomic mass is 32.2. The van der Waals surface area contributed by atoms with Crippen molar-refractivity contribution < 1.29 is 19.6 Å². The van der Waals surface area contributed by atoms with Crippen LogP contribution in [-0.2, 0) is 6.61 Å². The van der Waals surface area contributed by atoms with E-state index in [1.807, 2.05) is 48.7 Å². The van der Waals surface area contributed by atoms with Gasteiger partial charge in [0.15, 0.2) is 11.8 Å². The van der Waals surface area contributed by atoms with Crippen molar-refractivity contribution in [2.24, 2.45) is 0 Å². The van der Waals surface area contributed by atoms with E-state index in [1.54, 1.807) is 18.0 Å². The number of aliphatic hydroxyl groups is 1. The zero-order valence-electron chi connectivity index (χ0n) is 14.1. The Morgan fingerprint density at radius 1 is 1.23 bits per heavy atom. The lowest BCUT2D eigenvalue weighted by Crippen LogP contribution is -2.20. The van der Waals surface area contributed by atoms with Crippen LogP contribution in [0.15, 0.2) is 68.8 Å². The fourth-order valence-corrected chi connectivity index (χ4v) is 2.97. The van der Waals surface area contributed by atoms with E-state index in [-0.39, 0.29) is 11.5 Å². The largest absolute Gasteiger partial charge is 0.502 e. The number of aliphatic hydroxyl groups excluding tert-OH is 1. The topological polar surface area (TPSA) is 96.8 Å². The predicted octanol–water partition coefficient (Wildman–Crippen LogP) is 2.58. The second kappa shape index (κ2) is 8.07. The molecule has 6 nitrogen and oxygen atoms in total. The maximum absolute atomic E-state index is 12.0. The second-order valence-corrected chi connectivity index (χ2v) is 6.45. The van der Waals surface area contributed by atoms with Gasteiger partial charge in [0, 0.05) is 22.6 Å². The van der Waals surface area contributed by atoms with E-state index in [1.165, 1.54) is 0 Å². The van der Waals surface area contributed by atoms with Crippen molar-refractivity contribution in [3.8, 4) is 5.75 Å². The number of hydrogen-bond acceptors (Lipinski definition) is 6. The Bertz CT molecular complexity index is 927. The molecule has 2 aromatic heterocycles. The second-order valence-electron chi connectivity index (χ2n) is 5.57. The molecule has 0 radical (unpaired) electrons. The zero-order valence-corrected chi connectivity index (χ0v) is 14.9. The van der Waals surface area contributed by atoms with Crippen molar-refractivity contribution in [1.82, 2.24) is 0 Å². The number of aromatic nitrogens is 1. The Labute approximate surface area is 154 Å². The van der Waals surface area contributed by atoms with Crippen LogP contribution in [-0.4, -0.2) is 16.5 Å². The van der Waals surface area contributed by atoms with E-state index in [0.717, 1.165) is 16.5 Å². The monoisotopic (exact) mass is 371 g/mol. The van der Waals surface area contributed by atoms with Gasteiger partial charge in [-0.15, -0.1) is 11.8 Å². The molecular formula is C19H19N2O4S+. The van der Waals surface area contributed by atoms with Gasteiger partial charge in [-0.3, -0.25) is 10.1 Å². The molecule has 0 aliphatic carbocycles. The summed E-state index contributed by atoms with van der Waals surface area (Å²) in [5.41, 5.74) is 0.202. The van der Waals surface area contributed by atoms with Crippen LogP contribution >= 0.6 is 11.8 Å². The lowest BCUT2D eigenvalue weighted by molar-refractivity contribution is -0.361. The molecule has 0 fully saturated rings. The molecular weight excluding hydrogens is 352 g/mol. The summed E-state index contributed by atoms with van der Waals surface area (Å²) in [4.78, 5) is 16.2. The summed E-state index contributed by atoms with van der Waals surface area (Å²) < 4.78 is 5.60. The van der Waals surface area contributed by atoms with E-state index in [2.05, 4.69) is 10.3 Å². The number of H-pyrrole nitrogens is 1. The van der Waals surface area contributed by atoms with E-state index in [0.29, 0.717) is 5.82 Å². The lowest BCUT2D eigenvalue weighted by atomic mass is 10.0. The highest BCUT2D eigenvalue weighted by Gasteiger charge is 2.27. The average Bonchev–Trinajstić information content (AvgIpc) is 2.69. The lowest BCUT2D eigenvalue weighted by Gasteiger charge is -2.16. The zero-order chi connectivity index (χ0) is 18.5. The summed E-state index contributed by atoms with van der Waals surface area (Å²) in [6, 6.07) is 13.7. The van der Waals surface area contributed by atoms with Crippen LogP contribution in [0.25, 0.3) is 0 Å². The summed E-state index contributed by atoms with van der Waals surface area (Å²) >= 11 is 1.62. The van der Waals surface area contributed by atoms with Crippen molar-refractivity contribution in [2.75, 3.05) is 11.6 Å². The standard InChI is InChI=1S/C19H18N2O4S/c1-26-14-7-5-12(6-8-14)17(21-16-4-2-3-9-20-16)19-18(24)15(23)10-13(11-22)25-19/h2-10,17,22,24H,11H2,1H3,(H,20,21)/p+1. The summed E-state index contributed by atoms with van der Waals surface area (Å²) in [6.45, 7) is -0.432. The minimum absolute atomic E-state index is 0.0516. The van der Waals surface area contributed by atoms with Crippen molar-refractivity contribution >= 4 is 17.6 Å². The van der Waals surface area contributed by atoms with Crippen molar-refractivity contribution in [3.63, 3.8) is 0 Å². The van der Waals surface area contributed by atoms with Crippen LogP contribution in [0.2, 0.25) is 0 Å². The first-order valence-electron chi connectivity index (χ1n) is 7.96. The molecule has 0 saturated heterocycles. The first kappa shape index (κ1) is 18.0. The van der Waals surface area contributed by atoms with Gasteiger partial charge in [0.2, 0.25) is 11.2 Å². The molecule has 26 heavy (non-hydrogen) atoms. The van der Waals surface area contributed by atoms with Gasteiger partial charge in [-0.05, 0) is 24.5 Å². The van der Waals surface area contributed by atoms with Gasteiger partial charge < -0.3 is 14.6 Å². The van der Waals surface area contributed by atoms with Gasteiger partial charge in [0.25, 0.3) is 5.82 Å². The van der Waals surface area contributed by atoms with Crippen molar-refractivity contribution in [3.05, 3.63) is 82.0 Å². The number of hydrogen-bond donors (Lipinski definition) is 3. The highest BCUT2D eigenvalue weighted by molar-refractivity contribution is 7.98. The van der Waals surface area contributed by atoms with Gasteiger partial charge in [0.05, 0.1) is 6.20 Å². The van der Waals surface area contributed by atoms with Gasteiger partial charge in [-0.1, -0.05) is 18.2 Å². The maximum atomic E-state index is 12.0. The quantitative estimate of drug-likeness (QED) is 0.576. The number of nitrogens with one attached hydrogen (secondary N) is 2. The third-order valence-corrected chi connectivity index (χ3v) is 4.62. The van der Waals surface area contributed by atoms with E-state index in [9.17, 15) is 15.0 Å². The summed E-state index contributed by atoms with van der Waals surface area (Å²) in [7, 11) is 0. The Kier molecular flexibility index (Phi) is 5.60.